The van der Waals surface area contributed by atoms with Crippen LogP contribution in [0.4, 0.5) is 0 Å². The third kappa shape index (κ3) is 4.99. The van der Waals surface area contributed by atoms with E-state index in [1.54, 1.807) is 0 Å². The summed E-state index contributed by atoms with van der Waals surface area (Å²) in [6.45, 7) is 12.6. The van der Waals surface area contributed by atoms with Crippen molar-refractivity contribution in [3.8, 4) is 0 Å². The van der Waals surface area contributed by atoms with Crippen molar-refractivity contribution in [3.05, 3.63) is 35.9 Å². The maximum atomic E-state index is 3.73. The fourth-order valence-corrected chi connectivity index (χ4v) is 3.01. The van der Waals surface area contributed by atoms with Crippen molar-refractivity contribution in [2.45, 2.75) is 59.4 Å². The molecule has 1 rings (SSSR count). The molecule has 0 radical (unpaired) electrons. The largest absolute Gasteiger partial charge is 0.314 e. The van der Waals surface area contributed by atoms with Crippen molar-refractivity contribution in [2.75, 3.05) is 6.54 Å². The summed E-state index contributed by atoms with van der Waals surface area (Å²) in [5.74, 6) is 2.07. The highest BCUT2D eigenvalue weighted by Crippen LogP contribution is 2.32. The van der Waals surface area contributed by atoms with Crippen molar-refractivity contribution < 1.29 is 0 Å². The van der Waals surface area contributed by atoms with Crippen LogP contribution in [0.5, 0.6) is 0 Å². The third-order valence-electron chi connectivity index (χ3n) is 4.07. The van der Waals surface area contributed by atoms with Crippen LogP contribution < -0.4 is 5.32 Å². The van der Waals surface area contributed by atoms with Crippen LogP contribution in [-0.2, 0) is 0 Å². The summed E-state index contributed by atoms with van der Waals surface area (Å²) in [5, 5.41) is 3.73. The zero-order valence-electron chi connectivity index (χ0n) is 13.3. The van der Waals surface area contributed by atoms with Gasteiger partial charge in [-0.1, -0.05) is 71.4 Å². The Hall–Kier alpha value is -0.820. The predicted octanol–water partition coefficient (Wildman–Crippen LogP) is 4.84. The van der Waals surface area contributed by atoms with E-state index in [0.717, 1.165) is 12.5 Å². The zero-order chi connectivity index (χ0) is 14.3. The summed E-state index contributed by atoms with van der Waals surface area (Å²) in [6, 6.07) is 11.6. The molecule has 1 N–H and O–H groups in total. The number of benzene rings is 1. The highest BCUT2D eigenvalue weighted by atomic mass is 14.9. The zero-order valence-corrected chi connectivity index (χ0v) is 13.3. The van der Waals surface area contributed by atoms with Gasteiger partial charge in [0, 0.05) is 12.0 Å². The molecule has 0 aromatic heterocycles. The van der Waals surface area contributed by atoms with Crippen LogP contribution in [-0.4, -0.2) is 12.6 Å². The molecule has 0 aliphatic carbocycles. The van der Waals surface area contributed by atoms with Crippen LogP contribution in [0.3, 0.4) is 0 Å². The van der Waals surface area contributed by atoms with Gasteiger partial charge in [-0.15, -0.1) is 0 Å². The average Bonchev–Trinajstić information content (AvgIpc) is 2.39. The van der Waals surface area contributed by atoms with Crippen molar-refractivity contribution in [1.29, 1.82) is 0 Å². The molecule has 0 saturated heterocycles. The maximum absolute atomic E-state index is 3.73. The summed E-state index contributed by atoms with van der Waals surface area (Å²) < 4.78 is 0. The fraction of sp³-hybridized carbons (Fsp3) is 0.667. The number of hydrogen-bond donors (Lipinski definition) is 1. The van der Waals surface area contributed by atoms with E-state index in [1.807, 2.05) is 0 Å². The van der Waals surface area contributed by atoms with Crippen molar-refractivity contribution in [1.82, 2.24) is 5.32 Å². The molecule has 1 nitrogen and oxygen atoms in total. The van der Waals surface area contributed by atoms with E-state index in [0.29, 0.717) is 17.9 Å². The Balaban J connectivity index is 2.99. The van der Waals surface area contributed by atoms with E-state index >= 15 is 0 Å². The molecular formula is C18H31N. The lowest BCUT2D eigenvalue weighted by molar-refractivity contribution is 0.300. The average molecular weight is 261 g/mol. The first-order valence-electron chi connectivity index (χ1n) is 7.88. The van der Waals surface area contributed by atoms with E-state index in [-0.39, 0.29) is 0 Å². The molecule has 0 heterocycles. The summed E-state index contributed by atoms with van der Waals surface area (Å²) in [6.07, 6.45) is 2.48. The Bertz CT molecular complexity index is 331. The summed E-state index contributed by atoms with van der Waals surface area (Å²) >= 11 is 0. The minimum absolute atomic E-state index is 0.586. The molecule has 0 aliphatic rings. The quantitative estimate of drug-likeness (QED) is 0.706. The monoisotopic (exact) mass is 261 g/mol. The van der Waals surface area contributed by atoms with Gasteiger partial charge in [0.15, 0.2) is 0 Å². The van der Waals surface area contributed by atoms with Crippen molar-refractivity contribution in [3.63, 3.8) is 0 Å². The van der Waals surface area contributed by atoms with Crippen LogP contribution in [0, 0.1) is 11.8 Å². The van der Waals surface area contributed by atoms with Gasteiger partial charge < -0.3 is 5.32 Å². The highest BCUT2D eigenvalue weighted by molar-refractivity contribution is 5.22. The number of nitrogens with one attached hydrogen (secondary N) is 1. The summed E-state index contributed by atoms with van der Waals surface area (Å²) in [4.78, 5) is 0. The Morgan fingerprint density at radius 2 is 1.63 bits per heavy atom. The van der Waals surface area contributed by atoms with Gasteiger partial charge in [-0.3, -0.25) is 0 Å². The Morgan fingerprint density at radius 1 is 1.00 bits per heavy atom. The molecule has 1 aromatic carbocycles. The second-order valence-corrected chi connectivity index (χ2v) is 6.12. The highest BCUT2D eigenvalue weighted by Gasteiger charge is 2.27. The molecule has 0 aliphatic heterocycles. The van der Waals surface area contributed by atoms with Gasteiger partial charge in [-0.05, 0) is 30.4 Å². The fourth-order valence-electron chi connectivity index (χ4n) is 3.01. The number of hydrogen-bond acceptors (Lipinski definition) is 1. The van der Waals surface area contributed by atoms with Gasteiger partial charge in [-0.25, -0.2) is 0 Å². The molecule has 19 heavy (non-hydrogen) atoms. The SMILES string of the molecule is CCNC(CC(C)C)C(c1ccccc1)C(C)CC. The lowest BCUT2D eigenvalue weighted by Crippen LogP contribution is -2.38. The van der Waals surface area contributed by atoms with Crippen LogP contribution in [0.2, 0.25) is 0 Å². The standard InChI is InChI=1S/C18H31N/c1-6-15(5)18(16-11-9-8-10-12-16)17(19-7-2)13-14(3)4/h8-12,14-15,17-19H,6-7,13H2,1-5H3. The van der Waals surface area contributed by atoms with E-state index in [1.165, 1.54) is 18.4 Å². The Kier molecular flexibility index (Phi) is 7.15. The molecule has 0 saturated carbocycles. The van der Waals surface area contributed by atoms with E-state index < -0.39 is 0 Å². The first-order valence-corrected chi connectivity index (χ1v) is 7.88. The molecular weight excluding hydrogens is 230 g/mol. The lowest BCUT2D eigenvalue weighted by atomic mass is 9.77. The number of rotatable bonds is 8. The molecule has 3 unspecified atom stereocenters. The van der Waals surface area contributed by atoms with Crippen molar-refractivity contribution >= 4 is 0 Å². The summed E-state index contributed by atoms with van der Waals surface area (Å²) in [7, 11) is 0. The minimum atomic E-state index is 0.586. The normalized spacial score (nSPS) is 16.3. The molecule has 0 amide bonds. The number of likely N-dealkylation sites (N-methyl/N-ethyl adjacent to an activating group) is 1. The first kappa shape index (κ1) is 16.2. The minimum Gasteiger partial charge on any atom is -0.314 e. The van der Waals surface area contributed by atoms with Crippen LogP contribution in [0.25, 0.3) is 0 Å². The van der Waals surface area contributed by atoms with Crippen LogP contribution in [0.1, 0.15) is 58.9 Å². The second kappa shape index (κ2) is 8.37. The first-order chi connectivity index (χ1) is 9.10. The molecule has 3 atom stereocenters. The predicted molar refractivity (Wildman–Crippen MR) is 85.6 cm³/mol. The Morgan fingerprint density at radius 3 is 2.11 bits per heavy atom. The van der Waals surface area contributed by atoms with Gasteiger partial charge in [0.1, 0.15) is 0 Å². The topological polar surface area (TPSA) is 12.0 Å². The van der Waals surface area contributed by atoms with Gasteiger partial charge in [0.25, 0.3) is 0 Å². The van der Waals surface area contributed by atoms with Crippen LogP contribution in [0.15, 0.2) is 30.3 Å². The Labute approximate surface area is 119 Å². The molecule has 0 fully saturated rings. The maximum Gasteiger partial charge on any atom is 0.0141 e. The second-order valence-electron chi connectivity index (χ2n) is 6.12. The molecule has 0 spiro atoms. The summed E-state index contributed by atoms with van der Waals surface area (Å²) in [5.41, 5.74) is 1.49. The van der Waals surface area contributed by atoms with E-state index in [9.17, 15) is 0 Å². The van der Waals surface area contributed by atoms with Gasteiger partial charge in [0.05, 0.1) is 0 Å². The van der Waals surface area contributed by atoms with Gasteiger partial charge in [0.2, 0.25) is 0 Å². The van der Waals surface area contributed by atoms with Gasteiger partial charge in [-0.2, -0.15) is 0 Å². The lowest BCUT2D eigenvalue weighted by Gasteiger charge is -2.34. The molecule has 1 heteroatoms. The molecule has 0 bridgehead atoms. The van der Waals surface area contributed by atoms with E-state index in [4.69, 9.17) is 0 Å². The molecule has 1 aromatic rings. The smallest absolute Gasteiger partial charge is 0.0141 e. The van der Waals surface area contributed by atoms with E-state index in [2.05, 4.69) is 70.3 Å². The van der Waals surface area contributed by atoms with Crippen LogP contribution >= 0.6 is 0 Å². The van der Waals surface area contributed by atoms with Crippen molar-refractivity contribution in [2.24, 2.45) is 11.8 Å². The van der Waals surface area contributed by atoms with Gasteiger partial charge >= 0.3 is 0 Å². The molecule has 108 valence electrons. The third-order valence-corrected chi connectivity index (χ3v) is 4.07.